The van der Waals surface area contributed by atoms with Crippen molar-refractivity contribution in [2.45, 2.75) is 6.04 Å². The molecule has 0 bridgehead atoms. The predicted molar refractivity (Wildman–Crippen MR) is 70.5 cm³/mol. The molecule has 0 aliphatic rings. The fourth-order valence-corrected chi connectivity index (χ4v) is 2.44. The highest BCUT2D eigenvalue weighted by molar-refractivity contribution is 7.88. The molecule has 1 aromatic heterocycles. The first-order valence-corrected chi connectivity index (χ1v) is 7.47. The molecule has 2 rings (SSSR count). The summed E-state index contributed by atoms with van der Waals surface area (Å²) in [6, 6.07) is 8.58. The number of benzene rings is 1. The standard InChI is InChI=1S/C13H13FN2O2S/c1-19(17,18)16-13(11-3-2-8-15-9-11)10-4-6-12(14)7-5-10/h2-9,13,16H,1H3. The van der Waals surface area contributed by atoms with Gasteiger partial charge in [-0.05, 0) is 29.3 Å². The highest BCUT2D eigenvalue weighted by atomic mass is 32.2. The molecule has 0 radical (unpaired) electrons. The molecule has 0 spiro atoms. The highest BCUT2D eigenvalue weighted by Crippen LogP contribution is 2.22. The molecular weight excluding hydrogens is 267 g/mol. The lowest BCUT2D eigenvalue weighted by molar-refractivity contribution is 0.577. The largest absolute Gasteiger partial charge is 0.264 e. The quantitative estimate of drug-likeness (QED) is 0.930. The highest BCUT2D eigenvalue weighted by Gasteiger charge is 2.18. The Morgan fingerprint density at radius 1 is 1.16 bits per heavy atom. The number of rotatable bonds is 4. The fraction of sp³-hybridized carbons (Fsp3) is 0.154. The minimum Gasteiger partial charge on any atom is -0.264 e. The van der Waals surface area contributed by atoms with Gasteiger partial charge in [0.1, 0.15) is 5.82 Å². The average molecular weight is 280 g/mol. The first-order chi connectivity index (χ1) is 8.96. The summed E-state index contributed by atoms with van der Waals surface area (Å²) in [5.74, 6) is -0.368. The number of hydrogen-bond acceptors (Lipinski definition) is 3. The van der Waals surface area contributed by atoms with Gasteiger partial charge in [0.25, 0.3) is 0 Å². The van der Waals surface area contributed by atoms with Crippen LogP contribution in [-0.4, -0.2) is 19.7 Å². The van der Waals surface area contributed by atoms with Crippen LogP contribution in [0.5, 0.6) is 0 Å². The topological polar surface area (TPSA) is 59.1 Å². The van der Waals surface area contributed by atoms with E-state index in [0.29, 0.717) is 11.1 Å². The second-order valence-corrected chi connectivity index (χ2v) is 5.94. The summed E-state index contributed by atoms with van der Waals surface area (Å²) in [4.78, 5) is 3.97. The van der Waals surface area contributed by atoms with Crippen LogP contribution >= 0.6 is 0 Å². The molecule has 0 saturated carbocycles. The molecule has 0 aliphatic carbocycles. The molecule has 0 fully saturated rings. The van der Waals surface area contributed by atoms with Crippen LogP contribution in [0.4, 0.5) is 4.39 Å². The van der Waals surface area contributed by atoms with Gasteiger partial charge in [-0.2, -0.15) is 0 Å². The van der Waals surface area contributed by atoms with Crippen LogP contribution < -0.4 is 4.72 Å². The maximum atomic E-state index is 12.9. The van der Waals surface area contributed by atoms with Gasteiger partial charge in [0.2, 0.25) is 10.0 Å². The summed E-state index contributed by atoms with van der Waals surface area (Å²) in [6.07, 6.45) is 4.26. The van der Waals surface area contributed by atoms with Crippen LogP contribution in [0.1, 0.15) is 17.2 Å². The molecule has 1 aromatic carbocycles. The Hall–Kier alpha value is -1.79. The Kier molecular flexibility index (Phi) is 3.92. The Balaban J connectivity index is 2.43. The van der Waals surface area contributed by atoms with Crippen molar-refractivity contribution in [1.29, 1.82) is 0 Å². The van der Waals surface area contributed by atoms with Crippen LogP contribution in [0.3, 0.4) is 0 Å². The molecule has 2 aromatic rings. The van der Waals surface area contributed by atoms with Crippen molar-refractivity contribution in [3.63, 3.8) is 0 Å². The molecule has 1 heterocycles. The van der Waals surface area contributed by atoms with E-state index in [1.165, 1.54) is 12.1 Å². The summed E-state index contributed by atoms with van der Waals surface area (Å²) in [5.41, 5.74) is 1.35. The van der Waals surface area contributed by atoms with Crippen molar-refractivity contribution in [1.82, 2.24) is 9.71 Å². The lowest BCUT2D eigenvalue weighted by atomic mass is 10.0. The van der Waals surface area contributed by atoms with Gasteiger partial charge in [-0.1, -0.05) is 18.2 Å². The average Bonchev–Trinajstić information content (AvgIpc) is 2.37. The molecule has 1 N–H and O–H groups in total. The first-order valence-electron chi connectivity index (χ1n) is 5.58. The van der Waals surface area contributed by atoms with E-state index < -0.39 is 16.1 Å². The van der Waals surface area contributed by atoms with E-state index in [1.807, 2.05) is 0 Å². The van der Waals surface area contributed by atoms with Crippen LogP contribution in [0, 0.1) is 5.82 Å². The van der Waals surface area contributed by atoms with Gasteiger partial charge in [0.15, 0.2) is 0 Å². The molecular formula is C13H13FN2O2S. The smallest absolute Gasteiger partial charge is 0.209 e. The third-order valence-corrected chi connectivity index (χ3v) is 3.22. The molecule has 0 amide bonds. The minimum atomic E-state index is -3.40. The first kappa shape index (κ1) is 13.6. The number of nitrogens with one attached hydrogen (secondary N) is 1. The Morgan fingerprint density at radius 3 is 2.37 bits per heavy atom. The number of nitrogens with zero attached hydrogens (tertiary/aromatic N) is 1. The fourth-order valence-electron chi connectivity index (χ4n) is 1.74. The molecule has 4 nitrogen and oxygen atoms in total. The number of pyridine rings is 1. The van der Waals surface area contributed by atoms with Gasteiger partial charge in [-0.25, -0.2) is 17.5 Å². The second kappa shape index (κ2) is 5.46. The maximum Gasteiger partial charge on any atom is 0.209 e. The minimum absolute atomic E-state index is 0.368. The third kappa shape index (κ3) is 3.84. The molecule has 0 aliphatic heterocycles. The van der Waals surface area contributed by atoms with E-state index in [9.17, 15) is 12.8 Å². The molecule has 6 heteroatoms. The van der Waals surface area contributed by atoms with E-state index in [4.69, 9.17) is 0 Å². The number of halogens is 1. The SMILES string of the molecule is CS(=O)(=O)NC(c1ccc(F)cc1)c1cccnc1. The van der Waals surface area contributed by atoms with Crippen molar-refractivity contribution in [2.75, 3.05) is 6.26 Å². The molecule has 100 valence electrons. The van der Waals surface area contributed by atoms with Crippen LogP contribution in [0.2, 0.25) is 0 Å². The number of aromatic nitrogens is 1. The summed E-state index contributed by atoms with van der Waals surface area (Å²) in [5, 5.41) is 0. The second-order valence-electron chi connectivity index (χ2n) is 4.16. The van der Waals surface area contributed by atoms with Crippen LogP contribution in [0.15, 0.2) is 48.8 Å². The van der Waals surface area contributed by atoms with E-state index in [1.54, 1.807) is 36.7 Å². The zero-order valence-corrected chi connectivity index (χ0v) is 11.1. The summed E-state index contributed by atoms with van der Waals surface area (Å²) >= 11 is 0. The van der Waals surface area contributed by atoms with Gasteiger partial charge in [0.05, 0.1) is 12.3 Å². The zero-order chi connectivity index (χ0) is 13.9. The van der Waals surface area contributed by atoms with E-state index >= 15 is 0 Å². The Labute approximate surface area is 111 Å². The van der Waals surface area contributed by atoms with Gasteiger partial charge in [-0.15, -0.1) is 0 Å². The molecule has 0 saturated heterocycles. The van der Waals surface area contributed by atoms with Crippen LogP contribution in [-0.2, 0) is 10.0 Å². The monoisotopic (exact) mass is 280 g/mol. The lowest BCUT2D eigenvalue weighted by Gasteiger charge is -2.18. The molecule has 19 heavy (non-hydrogen) atoms. The third-order valence-electron chi connectivity index (χ3n) is 2.55. The summed E-state index contributed by atoms with van der Waals surface area (Å²) in [6.45, 7) is 0. The summed E-state index contributed by atoms with van der Waals surface area (Å²) < 4.78 is 38.4. The van der Waals surface area contributed by atoms with E-state index in [-0.39, 0.29) is 5.82 Å². The van der Waals surface area contributed by atoms with Crippen molar-refractivity contribution in [3.8, 4) is 0 Å². The predicted octanol–water partition coefficient (Wildman–Crippen LogP) is 1.86. The van der Waals surface area contributed by atoms with E-state index in [2.05, 4.69) is 9.71 Å². The van der Waals surface area contributed by atoms with Crippen molar-refractivity contribution in [3.05, 3.63) is 65.7 Å². The van der Waals surface area contributed by atoms with Crippen molar-refractivity contribution in [2.24, 2.45) is 0 Å². The van der Waals surface area contributed by atoms with Crippen LogP contribution in [0.25, 0.3) is 0 Å². The lowest BCUT2D eigenvalue weighted by Crippen LogP contribution is -2.28. The molecule has 1 unspecified atom stereocenters. The Bertz CT molecular complexity index is 642. The van der Waals surface area contributed by atoms with E-state index in [0.717, 1.165) is 6.26 Å². The Morgan fingerprint density at radius 2 is 1.84 bits per heavy atom. The maximum absolute atomic E-state index is 12.9. The van der Waals surface area contributed by atoms with Crippen molar-refractivity contribution < 1.29 is 12.8 Å². The zero-order valence-electron chi connectivity index (χ0n) is 10.2. The number of hydrogen-bond donors (Lipinski definition) is 1. The normalized spacial score (nSPS) is 13.2. The molecule has 1 atom stereocenters. The van der Waals surface area contributed by atoms with Gasteiger partial charge in [-0.3, -0.25) is 4.98 Å². The summed E-state index contributed by atoms with van der Waals surface area (Å²) in [7, 11) is -3.40. The van der Waals surface area contributed by atoms with Gasteiger partial charge in [0, 0.05) is 12.4 Å². The van der Waals surface area contributed by atoms with Crippen molar-refractivity contribution >= 4 is 10.0 Å². The van der Waals surface area contributed by atoms with Gasteiger partial charge >= 0.3 is 0 Å². The number of sulfonamides is 1. The van der Waals surface area contributed by atoms with Gasteiger partial charge < -0.3 is 0 Å².